The molecule has 0 unspecified atom stereocenters. The number of aromatic nitrogens is 1. The zero-order valence-electron chi connectivity index (χ0n) is 16.0. The van der Waals surface area contributed by atoms with E-state index in [0.29, 0.717) is 16.4 Å². The number of nitrogens with zero attached hydrogens (tertiary/aromatic N) is 1. The van der Waals surface area contributed by atoms with Gasteiger partial charge in [-0.15, -0.1) is 11.3 Å². The van der Waals surface area contributed by atoms with Crippen LogP contribution in [0.15, 0.2) is 85.1 Å². The Morgan fingerprint density at radius 3 is 2.48 bits per heavy atom. The lowest BCUT2D eigenvalue weighted by molar-refractivity contribution is 0.102. The molecule has 0 radical (unpaired) electrons. The van der Waals surface area contributed by atoms with Gasteiger partial charge in [-0.2, -0.15) is 0 Å². The molecule has 0 atom stereocenters. The summed E-state index contributed by atoms with van der Waals surface area (Å²) in [5.41, 5.74) is 3.03. The Bertz CT molecular complexity index is 1110. The lowest BCUT2D eigenvalue weighted by Crippen LogP contribution is -2.11. The second-order valence-electron chi connectivity index (χ2n) is 6.69. The highest BCUT2D eigenvalue weighted by atomic mass is 32.1. The van der Waals surface area contributed by atoms with Crippen molar-refractivity contribution < 1.29 is 9.53 Å². The minimum atomic E-state index is -0.187. The fourth-order valence-corrected chi connectivity index (χ4v) is 3.78. The molecule has 0 aliphatic rings. The molecule has 4 rings (SSSR count). The first-order valence-corrected chi connectivity index (χ1v) is 10.1. The summed E-state index contributed by atoms with van der Waals surface area (Å²) in [4.78, 5) is 18.0. The third-order valence-corrected chi connectivity index (χ3v) is 5.24. The molecule has 0 saturated carbocycles. The number of anilines is 1. The molecule has 1 aromatic heterocycles. The number of thiazole rings is 1. The lowest BCUT2D eigenvalue weighted by Gasteiger charge is -2.06. The highest BCUT2D eigenvalue weighted by molar-refractivity contribution is 7.15. The van der Waals surface area contributed by atoms with Crippen molar-refractivity contribution in [1.29, 1.82) is 0 Å². The first-order chi connectivity index (χ1) is 14.2. The normalized spacial score (nSPS) is 10.5. The van der Waals surface area contributed by atoms with E-state index in [9.17, 15) is 4.79 Å². The van der Waals surface area contributed by atoms with Crippen LogP contribution in [0.4, 0.5) is 5.13 Å². The number of hydrogen-bond acceptors (Lipinski definition) is 4. The van der Waals surface area contributed by atoms with Gasteiger partial charge in [-0.05, 0) is 48.9 Å². The van der Waals surface area contributed by atoms with Gasteiger partial charge in [0.15, 0.2) is 5.13 Å². The van der Waals surface area contributed by atoms with Crippen molar-refractivity contribution in [3.8, 4) is 11.5 Å². The van der Waals surface area contributed by atoms with Crippen LogP contribution in [0.2, 0.25) is 0 Å². The number of carbonyl (C=O) groups excluding carboxylic acids is 1. The summed E-state index contributed by atoms with van der Waals surface area (Å²) in [6.07, 6.45) is 2.63. The molecular weight excluding hydrogens is 380 g/mol. The van der Waals surface area contributed by atoms with Crippen molar-refractivity contribution in [3.63, 3.8) is 0 Å². The quantitative estimate of drug-likeness (QED) is 0.426. The number of hydrogen-bond donors (Lipinski definition) is 1. The predicted molar refractivity (Wildman–Crippen MR) is 117 cm³/mol. The third-order valence-electron chi connectivity index (χ3n) is 4.33. The molecule has 0 aliphatic heterocycles. The fraction of sp³-hybridized carbons (Fsp3) is 0.0833. The van der Waals surface area contributed by atoms with Gasteiger partial charge in [-0.1, -0.05) is 48.0 Å². The van der Waals surface area contributed by atoms with Gasteiger partial charge in [0.25, 0.3) is 5.91 Å². The van der Waals surface area contributed by atoms with Gasteiger partial charge in [-0.25, -0.2) is 4.98 Å². The summed E-state index contributed by atoms with van der Waals surface area (Å²) in [5.74, 6) is 1.25. The minimum absolute atomic E-state index is 0.187. The first-order valence-electron chi connectivity index (χ1n) is 9.30. The molecule has 4 aromatic rings. The number of benzene rings is 3. The molecule has 4 nitrogen and oxygen atoms in total. The summed E-state index contributed by atoms with van der Waals surface area (Å²) >= 11 is 1.49. The smallest absolute Gasteiger partial charge is 0.257 e. The average molecular weight is 401 g/mol. The Morgan fingerprint density at radius 1 is 0.966 bits per heavy atom. The maximum absolute atomic E-state index is 12.5. The summed E-state index contributed by atoms with van der Waals surface area (Å²) < 4.78 is 5.76. The molecule has 0 saturated heterocycles. The Balaban J connectivity index is 1.37. The van der Waals surface area contributed by atoms with E-state index < -0.39 is 0 Å². The van der Waals surface area contributed by atoms with Crippen molar-refractivity contribution in [2.75, 3.05) is 5.32 Å². The summed E-state index contributed by atoms with van der Waals surface area (Å²) in [7, 11) is 0. The molecule has 0 spiro atoms. The molecule has 1 N–H and O–H groups in total. The van der Waals surface area contributed by atoms with E-state index in [1.54, 1.807) is 24.3 Å². The second kappa shape index (κ2) is 8.71. The third kappa shape index (κ3) is 5.09. The monoisotopic (exact) mass is 400 g/mol. The van der Waals surface area contributed by atoms with Gasteiger partial charge in [-0.3, -0.25) is 10.1 Å². The number of aryl methyl sites for hydroxylation is 1. The highest BCUT2D eigenvalue weighted by Crippen LogP contribution is 2.24. The Labute approximate surface area is 173 Å². The van der Waals surface area contributed by atoms with E-state index in [1.165, 1.54) is 22.5 Å². The number of ether oxygens (including phenoxy) is 1. The summed E-state index contributed by atoms with van der Waals surface area (Å²) in [6.45, 7) is 2.08. The number of amides is 1. The highest BCUT2D eigenvalue weighted by Gasteiger charge is 2.10. The Hall–Kier alpha value is -3.44. The zero-order valence-corrected chi connectivity index (χ0v) is 16.8. The van der Waals surface area contributed by atoms with Crippen molar-refractivity contribution in [3.05, 3.63) is 107 Å². The summed E-state index contributed by atoms with van der Waals surface area (Å²) in [5, 5.41) is 3.47. The van der Waals surface area contributed by atoms with Gasteiger partial charge >= 0.3 is 0 Å². The van der Waals surface area contributed by atoms with Gasteiger partial charge in [0, 0.05) is 23.1 Å². The molecule has 1 amide bonds. The van der Waals surface area contributed by atoms with Crippen LogP contribution < -0.4 is 10.1 Å². The summed E-state index contributed by atoms with van der Waals surface area (Å²) in [6, 6.07) is 25.0. The van der Waals surface area contributed by atoms with Gasteiger partial charge in [0.1, 0.15) is 11.5 Å². The van der Waals surface area contributed by atoms with E-state index in [2.05, 4.69) is 41.5 Å². The topological polar surface area (TPSA) is 51.2 Å². The molecule has 29 heavy (non-hydrogen) atoms. The fourth-order valence-electron chi connectivity index (χ4n) is 2.94. The lowest BCUT2D eigenvalue weighted by atomic mass is 10.1. The first kappa shape index (κ1) is 18.9. The zero-order chi connectivity index (χ0) is 20.1. The van der Waals surface area contributed by atoms with Crippen LogP contribution in [0.3, 0.4) is 0 Å². The SMILES string of the molecule is Cc1cccc(Cc2cnc(NC(=O)c3ccc(Oc4ccccc4)cc3)s2)c1. The van der Waals surface area contributed by atoms with Gasteiger partial charge in [0.05, 0.1) is 0 Å². The van der Waals surface area contributed by atoms with Crippen LogP contribution in [-0.2, 0) is 6.42 Å². The van der Waals surface area contributed by atoms with E-state index >= 15 is 0 Å². The number of rotatable bonds is 6. The molecule has 0 fully saturated rings. The maximum atomic E-state index is 12.5. The van der Waals surface area contributed by atoms with Crippen molar-refractivity contribution in [2.45, 2.75) is 13.3 Å². The van der Waals surface area contributed by atoms with Crippen LogP contribution in [0, 0.1) is 6.92 Å². The predicted octanol–water partition coefficient (Wildman–Crippen LogP) is 6.09. The van der Waals surface area contributed by atoms with Crippen LogP contribution in [0.25, 0.3) is 0 Å². The van der Waals surface area contributed by atoms with Crippen LogP contribution in [-0.4, -0.2) is 10.9 Å². The van der Waals surface area contributed by atoms with Crippen LogP contribution in [0.5, 0.6) is 11.5 Å². The average Bonchev–Trinajstić information content (AvgIpc) is 3.16. The second-order valence-corrected chi connectivity index (χ2v) is 7.81. The molecule has 0 bridgehead atoms. The van der Waals surface area contributed by atoms with E-state index in [-0.39, 0.29) is 5.91 Å². The molecule has 0 aliphatic carbocycles. The van der Waals surface area contributed by atoms with Crippen molar-refractivity contribution in [1.82, 2.24) is 4.98 Å². The maximum Gasteiger partial charge on any atom is 0.257 e. The van der Waals surface area contributed by atoms with Crippen molar-refractivity contribution >= 4 is 22.4 Å². The van der Waals surface area contributed by atoms with Gasteiger partial charge in [0.2, 0.25) is 0 Å². The van der Waals surface area contributed by atoms with E-state index in [4.69, 9.17) is 4.74 Å². The number of carbonyl (C=O) groups is 1. The molecular formula is C24H20N2O2S. The van der Waals surface area contributed by atoms with Crippen LogP contribution >= 0.6 is 11.3 Å². The number of nitrogens with one attached hydrogen (secondary N) is 1. The van der Waals surface area contributed by atoms with Gasteiger partial charge < -0.3 is 4.74 Å². The standard InChI is InChI=1S/C24H20N2O2S/c1-17-6-5-7-18(14-17)15-22-16-25-24(29-22)26-23(27)19-10-12-21(13-11-19)28-20-8-3-2-4-9-20/h2-14,16H,15H2,1H3,(H,25,26,27). The van der Waals surface area contributed by atoms with E-state index in [1.807, 2.05) is 36.5 Å². The Kier molecular flexibility index (Phi) is 5.68. The number of para-hydroxylation sites is 1. The molecule has 5 heteroatoms. The molecule has 1 heterocycles. The van der Waals surface area contributed by atoms with E-state index in [0.717, 1.165) is 17.0 Å². The largest absolute Gasteiger partial charge is 0.457 e. The molecule has 3 aromatic carbocycles. The van der Waals surface area contributed by atoms with Crippen molar-refractivity contribution in [2.24, 2.45) is 0 Å². The Morgan fingerprint density at radius 2 is 1.72 bits per heavy atom. The van der Waals surface area contributed by atoms with Crippen LogP contribution in [0.1, 0.15) is 26.4 Å². The minimum Gasteiger partial charge on any atom is -0.457 e. The molecule has 144 valence electrons.